The molecule has 0 bridgehead atoms. The van der Waals surface area contributed by atoms with E-state index in [9.17, 15) is 9.90 Å². The van der Waals surface area contributed by atoms with Crippen LogP contribution in [-0.4, -0.2) is 42.2 Å². The zero-order valence-corrected chi connectivity index (χ0v) is 11.9. The number of phenolic OH excluding ortho intramolecular Hbond substituents is 1. The van der Waals surface area contributed by atoms with Crippen LogP contribution >= 0.6 is 0 Å². The Hall–Kier alpha value is -1.75. The summed E-state index contributed by atoms with van der Waals surface area (Å²) in [5.74, 6) is 0.785. The van der Waals surface area contributed by atoms with Crippen LogP contribution in [0.25, 0.3) is 0 Å². The van der Waals surface area contributed by atoms with E-state index in [1.807, 2.05) is 17.9 Å². The number of hydrogen-bond donors (Lipinski definition) is 2. The van der Waals surface area contributed by atoms with Gasteiger partial charge in [0.2, 0.25) is 5.91 Å². The Bertz CT molecular complexity index is 456. The van der Waals surface area contributed by atoms with Crippen LogP contribution in [-0.2, 0) is 11.3 Å². The molecule has 2 rings (SSSR count). The summed E-state index contributed by atoms with van der Waals surface area (Å²) < 4.78 is 5.33. The van der Waals surface area contributed by atoms with Crippen molar-refractivity contribution in [2.24, 2.45) is 0 Å². The molecule has 1 heterocycles. The molecular weight excluding hydrogens is 256 g/mol. The monoisotopic (exact) mass is 278 g/mol. The van der Waals surface area contributed by atoms with Crippen LogP contribution in [0.3, 0.4) is 0 Å². The Labute approximate surface area is 119 Å². The first-order valence-corrected chi connectivity index (χ1v) is 7.14. The first-order valence-electron chi connectivity index (χ1n) is 7.14. The molecule has 2 N–H and O–H groups in total. The predicted molar refractivity (Wildman–Crippen MR) is 76.8 cm³/mol. The van der Waals surface area contributed by atoms with E-state index in [0.717, 1.165) is 31.5 Å². The molecule has 0 unspecified atom stereocenters. The van der Waals surface area contributed by atoms with Crippen molar-refractivity contribution in [2.45, 2.75) is 26.3 Å². The molecule has 5 heteroatoms. The molecule has 1 aliphatic rings. The normalized spacial score (nSPS) is 14.6. The molecule has 0 aromatic heterocycles. The third-order valence-electron chi connectivity index (χ3n) is 3.39. The summed E-state index contributed by atoms with van der Waals surface area (Å²) in [5.41, 5.74) is 0.987. The summed E-state index contributed by atoms with van der Waals surface area (Å²) in [7, 11) is 0. The van der Waals surface area contributed by atoms with E-state index in [4.69, 9.17) is 4.74 Å². The van der Waals surface area contributed by atoms with Crippen LogP contribution in [0.15, 0.2) is 18.2 Å². The lowest BCUT2D eigenvalue weighted by atomic mass is 10.2. The van der Waals surface area contributed by atoms with Gasteiger partial charge in [-0.2, -0.15) is 0 Å². The van der Waals surface area contributed by atoms with Crippen LogP contribution in [0.5, 0.6) is 11.5 Å². The fraction of sp³-hybridized carbons (Fsp3) is 0.533. The molecule has 0 aliphatic carbocycles. The van der Waals surface area contributed by atoms with Crippen molar-refractivity contribution in [3.8, 4) is 11.5 Å². The summed E-state index contributed by atoms with van der Waals surface area (Å²) in [5, 5.41) is 12.8. The van der Waals surface area contributed by atoms with Crippen molar-refractivity contribution >= 4 is 5.91 Å². The predicted octanol–water partition coefficient (Wildman–Crippen LogP) is 1.50. The summed E-state index contributed by atoms with van der Waals surface area (Å²) in [4.78, 5) is 13.8. The van der Waals surface area contributed by atoms with Crippen LogP contribution in [0.1, 0.15) is 25.3 Å². The Morgan fingerprint density at radius 1 is 1.40 bits per heavy atom. The summed E-state index contributed by atoms with van der Waals surface area (Å²) in [6, 6.07) is 5.24. The standard InChI is InChI=1S/C15H22N2O3/c1-2-20-14-9-12(5-6-13(14)18)10-16-11-15(19)17-7-3-4-8-17/h5-6,9,16,18H,2-4,7-8,10-11H2,1H3. The quantitative estimate of drug-likeness (QED) is 0.828. The largest absolute Gasteiger partial charge is 0.504 e. The van der Waals surface area contributed by atoms with Gasteiger partial charge in [-0.3, -0.25) is 4.79 Å². The van der Waals surface area contributed by atoms with E-state index in [0.29, 0.717) is 25.4 Å². The maximum Gasteiger partial charge on any atom is 0.236 e. The van der Waals surface area contributed by atoms with E-state index in [1.165, 1.54) is 0 Å². The molecule has 110 valence electrons. The number of aromatic hydroxyl groups is 1. The van der Waals surface area contributed by atoms with Gasteiger partial charge >= 0.3 is 0 Å². The molecule has 1 aromatic rings. The number of benzene rings is 1. The van der Waals surface area contributed by atoms with Crippen LogP contribution in [0.2, 0.25) is 0 Å². The van der Waals surface area contributed by atoms with E-state index in [2.05, 4.69) is 5.32 Å². The lowest BCUT2D eigenvalue weighted by molar-refractivity contribution is -0.129. The van der Waals surface area contributed by atoms with Crippen molar-refractivity contribution in [2.75, 3.05) is 26.2 Å². The van der Waals surface area contributed by atoms with Gasteiger partial charge in [0.15, 0.2) is 11.5 Å². The average molecular weight is 278 g/mol. The second kappa shape index (κ2) is 7.14. The zero-order valence-electron chi connectivity index (χ0n) is 11.9. The number of likely N-dealkylation sites (tertiary alicyclic amines) is 1. The first kappa shape index (κ1) is 14.7. The third-order valence-corrected chi connectivity index (χ3v) is 3.39. The lowest BCUT2D eigenvalue weighted by Gasteiger charge is -2.15. The smallest absolute Gasteiger partial charge is 0.236 e. The maximum absolute atomic E-state index is 11.9. The number of ether oxygens (including phenoxy) is 1. The van der Waals surface area contributed by atoms with Crippen molar-refractivity contribution in [1.82, 2.24) is 10.2 Å². The second-order valence-corrected chi connectivity index (χ2v) is 4.93. The highest BCUT2D eigenvalue weighted by atomic mass is 16.5. The molecule has 0 atom stereocenters. The van der Waals surface area contributed by atoms with Crippen molar-refractivity contribution in [3.63, 3.8) is 0 Å². The molecule has 1 aliphatic heterocycles. The fourth-order valence-electron chi connectivity index (χ4n) is 2.33. The minimum atomic E-state index is 0.142. The number of carbonyl (C=O) groups is 1. The molecular formula is C15H22N2O3. The maximum atomic E-state index is 11.9. The van der Waals surface area contributed by atoms with E-state index >= 15 is 0 Å². The average Bonchev–Trinajstić information content (AvgIpc) is 2.96. The van der Waals surface area contributed by atoms with E-state index < -0.39 is 0 Å². The summed E-state index contributed by atoms with van der Waals surface area (Å²) in [6.07, 6.45) is 2.23. The second-order valence-electron chi connectivity index (χ2n) is 4.93. The van der Waals surface area contributed by atoms with Crippen LogP contribution in [0, 0.1) is 0 Å². The minimum Gasteiger partial charge on any atom is -0.504 e. The molecule has 1 saturated heterocycles. The van der Waals surface area contributed by atoms with Gasteiger partial charge in [0.25, 0.3) is 0 Å². The van der Waals surface area contributed by atoms with Gasteiger partial charge < -0.3 is 20.1 Å². The molecule has 1 aromatic carbocycles. The van der Waals surface area contributed by atoms with Crippen molar-refractivity contribution in [1.29, 1.82) is 0 Å². The number of nitrogens with zero attached hydrogens (tertiary/aromatic N) is 1. The van der Waals surface area contributed by atoms with E-state index in [-0.39, 0.29) is 11.7 Å². The fourth-order valence-corrected chi connectivity index (χ4v) is 2.33. The minimum absolute atomic E-state index is 0.142. The first-order chi connectivity index (χ1) is 9.70. The van der Waals surface area contributed by atoms with E-state index in [1.54, 1.807) is 12.1 Å². The van der Waals surface area contributed by atoms with Gasteiger partial charge in [0.05, 0.1) is 13.2 Å². The zero-order chi connectivity index (χ0) is 14.4. The van der Waals surface area contributed by atoms with Crippen LogP contribution < -0.4 is 10.1 Å². The Kier molecular flexibility index (Phi) is 5.24. The van der Waals surface area contributed by atoms with Crippen molar-refractivity contribution < 1.29 is 14.6 Å². The molecule has 20 heavy (non-hydrogen) atoms. The molecule has 0 spiro atoms. The number of amides is 1. The Balaban J connectivity index is 1.81. The number of rotatable bonds is 6. The van der Waals surface area contributed by atoms with Gasteiger partial charge in [0.1, 0.15) is 0 Å². The molecule has 0 saturated carbocycles. The highest BCUT2D eigenvalue weighted by Gasteiger charge is 2.16. The van der Waals surface area contributed by atoms with Gasteiger partial charge in [-0.1, -0.05) is 6.07 Å². The highest BCUT2D eigenvalue weighted by molar-refractivity contribution is 5.78. The summed E-state index contributed by atoms with van der Waals surface area (Å²) in [6.45, 7) is 5.09. The molecule has 0 radical (unpaired) electrons. The van der Waals surface area contributed by atoms with Crippen LogP contribution in [0.4, 0.5) is 0 Å². The third kappa shape index (κ3) is 3.87. The topological polar surface area (TPSA) is 61.8 Å². The lowest BCUT2D eigenvalue weighted by Crippen LogP contribution is -2.35. The molecule has 1 amide bonds. The number of phenols is 1. The van der Waals surface area contributed by atoms with Crippen molar-refractivity contribution in [3.05, 3.63) is 23.8 Å². The SMILES string of the molecule is CCOc1cc(CNCC(=O)N2CCCC2)ccc1O. The van der Waals surface area contributed by atoms with Gasteiger partial charge in [-0.15, -0.1) is 0 Å². The molecule has 1 fully saturated rings. The molecule has 5 nitrogen and oxygen atoms in total. The van der Waals surface area contributed by atoms with Gasteiger partial charge in [0, 0.05) is 19.6 Å². The number of hydrogen-bond acceptors (Lipinski definition) is 4. The van der Waals surface area contributed by atoms with Gasteiger partial charge in [-0.25, -0.2) is 0 Å². The van der Waals surface area contributed by atoms with Gasteiger partial charge in [-0.05, 0) is 37.5 Å². The Morgan fingerprint density at radius 2 is 2.15 bits per heavy atom. The highest BCUT2D eigenvalue weighted by Crippen LogP contribution is 2.26. The number of carbonyl (C=O) groups excluding carboxylic acids is 1. The number of nitrogens with one attached hydrogen (secondary N) is 1. The Morgan fingerprint density at radius 3 is 2.85 bits per heavy atom. The summed E-state index contributed by atoms with van der Waals surface area (Å²) >= 11 is 0.